The predicted molar refractivity (Wildman–Crippen MR) is 68.9 cm³/mol. The number of rotatable bonds is 3. The molecule has 0 saturated carbocycles. The van der Waals surface area contributed by atoms with Crippen LogP contribution in [0.25, 0.3) is 0 Å². The molecule has 1 aliphatic rings. The molecular weight excluding hydrogens is 212 g/mol. The Kier molecular flexibility index (Phi) is 3.79. The molecule has 0 saturated heterocycles. The van der Waals surface area contributed by atoms with E-state index >= 15 is 0 Å². The van der Waals surface area contributed by atoms with E-state index in [1.165, 1.54) is 17.5 Å². The molecule has 2 atom stereocenters. The first-order valence-corrected chi connectivity index (χ1v) is 6.25. The van der Waals surface area contributed by atoms with Crippen LogP contribution in [0.3, 0.4) is 0 Å². The predicted octanol–water partition coefficient (Wildman–Crippen LogP) is 1.96. The van der Waals surface area contributed by atoms with Crippen molar-refractivity contribution in [3.63, 3.8) is 0 Å². The Hall–Kier alpha value is -1.35. The fourth-order valence-corrected chi connectivity index (χ4v) is 2.52. The van der Waals surface area contributed by atoms with Crippen LogP contribution in [-0.4, -0.2) is 19.5 Å². The molecule has 92 valence electrons. The van der Waals surface area contributed by atoms with Crippen LogP contribution in [-0.2, 0) is 4.79 Å². The van der Waals surface area contributed by atoms with Crippen LogP contribution in [0.2, 0.25) is 0 Å². The highest BCUT2D eigenvalue weighted by molar-refractivity contribution is 5.77. The fraction of sp³-hybridized carbons (Fsp3) is 0.500. The van der Waals surface area contributed by atoms with Crippen molar-refractivity contribution < 1.29 is 4.79 Å². The molecule has 2 rings (SSSR count). The van der Waals surface area contributed by atoms with Crippen molar-refractivity contribution in [1.82, 2.24) is 10.6 Å². The average molecular weight is 232 g/mol. The number of hydrogen-bond acceptors (Lipinski definition) is 2. The van der Waals surface area contributed by atoms with Crippen LogP contribution < -0.4 is 10.6 Å². The summed E-state index contributed by atoms with van der Waals surface area (Å²) in [5.41, 5.74) is 2.78. The van der Waals surface area contributed by atoms with Gasteiger partial charge < -0.3 is 10.6 Å². The summed E-state index contributed by atoms with van der Waals surface area (Å²) in [7, 11) is 1.67. The lowest BCUT2D eigenvalue weighted by Crippen LogP contribution is -2.35. The number of hydrogen-bond donors (Lipinski definition) is 2. The first-order chi connectivity index (χ1) is 8.22. The van der Waals surface area contributed by atoms with E-state index in [4.69, 9.17) is 0 Å². The largest absolute Gasteiger partial charge is 0.358 e. The summed E-state index contributed by atoms with van der Waals surface area (Å²) >= 11 is 0. The van der Waals surface area contributed by atoms with E-state index < -0.39 is 0 Å². The van der Waals surface area contributed by atoms with Crippen molar-refractivity contribution >= 4 is 5.91 Å². The van der Waals surface area contributed by atoms with Gasteiger partial charge in [0.15, 0.2) is 0 Å². The number of likely N-dealkylation sites (N-methyl/N-ethyl adjacent to an activating group) is 1. The zero-order valence-electron chi connectivity index (χ0n) is 10.5. The lowest BCUT2D eigenvalue weighted by Gasteiger charge is -2.30. The maximum absolute atomic E-state index is 11.3. The van der Waals surface area contributed by atoms with Crippen LogP contribution >= 0.6 is 0 Å². The van der Waals surface area contributed by atoms with Crippen LogP contribution in [0.4, 0.5) is 0 Å². The zero-order chi connectivity index (χ0) is 12.3. The van der Waals surface area contributed by atoms with E-state index in [-0.39, 0.29) is 5.91 Å². The molecule has 3 heteroatoms. The fourth-order valence-electron chi connectivity index (χ4n) is 2.52. The molecule has 1 aromatic carbocycles. The number of carbonyl (C=O) groups excluding carboxylic acids is 1. The molecule has 1 aromatic rings. The third-order valence-corrected chi connectivity index (χ3v) is 3.58. The van der Waals surface area contributed by atoms with Gasteiger partial charge in [0.2, 0.25) is 5.91 Å². The summed E-state index contributed by atoms with van der Waals surface area (Å²) in [5, 5.41) is 5.97. The summed E-state index contributed by atoms with van der Waals surface area (Å²) < 4.78 is 0. The highest BCUT2D eigenvalue weighted by Gasteiger charge is 2.24. The summed E-state index contributed by atoms with van der Waals surface area (Å²) in [6.45, 7) is 2.66. The highest BCUT2D eigenvalue weighted by Crippen LogP contribution is 2.36. The summed E-state index contributed by atoms with van der Waals surface area (Å²) in [6, 6.07) is 8.86. The van der Waals surface area contributed by atoms with Crippen molar-refractivity contribution in [2.45, 2.75) is 31.7 Å². The van der Waals surface area contributed by atoms with Gasteiger partial charge in [-0.2, -0.15) is 0 Å². The minimum Gasteiger partial charge on any atom is -0.358 e. The molecule has 1 aliphatic carbocycles. The Labute approximate surface area is 103 Å². The quantitative estimate of drug-likeness (QED) is 0.836. The van der Waals surface area contributed by atoms with Crippen LogP contribution in [0, 0.1) is 0 Å². The average Bonchev–Trinajstić information content (AvgIpc) is 2.38. The zero-order valence-corrected chi connectivity index (χ0v) is 10.5. The van der Waals surface area contributed by atoms with Gasteiger partial charge in [0, 0.05) is 13.1 Å². The Morgan fingerprint density at radius 2 is 2.00 bits per heavy atom. The van der Waals surface area contributed by atoms with Crippen molar-refractivity contribution in [3.8, 4) is 0 Å². The SMILES string of the molecule is CNC(=O)CNC1CCC(C)c2ccccc21. The van der Waals surface area contributed by atoms with E-state index in [1.807, 2.05) is 0 Å². The smallest absolute Gasteiger partial charge is 0.233 e. The third kappa shape index (κ3) is 2.67. The van der Waals surface area contributed by atoms with Crippen molar-refractivity contribution in [1.29, 1.82) is 0 Å². The molecule has 0 spiro atoms. The molecule has 17 heavy (non-hydrogen) atoms. The van der Waals surface area contributed by atoms with Gasteiger partial charge in [-0.25, -0.2) is 0 Å². The molecule has 2 N–H and O–H groups in total. The number of fused-ring (bicyclic) bond motifs is 1. The number of carbonyl (C=O) groups is 1. The van der Waals surface area contributed by atoms with Crippen molar-refractivity contribution in [2.24, 2.45) is 0 Å². The van der Waals surface area contributed by atoms with Gasteiger partial charge in [0.25, 0.3) is 0 Å². The Bertz CT molecular complexity index is 403. The second-order valence-electron chi connectivity index (χ2n) is 4.71. The normalized spacial score (nSPS) is 22.9. The second kappa shape index (κ2) is 5.32. The van der Waals surface area contributed by atoms with Crippen molar-refractivity contribution in [3.05, 3.63) is 35.4 Å². The molecule has 3 nitrogen and oxygen atoms in total. The lowest BCUT2D eigenvalue weighted by atomic mass is 9.81. The van der Waals surface area contributed by atoms with E-state index in [0.717, 1.165) is 6.42 Å². The molecule has 0 aliphatic heterocycles. The summed E-state index contributed by atoms with van der Waals surface area (Å²) in [5.74, 6) is 0.672. The molecule has 0 fully saturated rings. The van der Waals surface area contributed by atoms with Gasteiger partial charge >= 0.3 is 0 Å². The first kappa shape index (κ1) is 12.1. The number of nitrogens with one attached hydrogen (secondary N) is 2. The minimum atomic E-state index is 0.0427. The molecule has 0 bridgehead atoms. The Morgan fingerprint density at radius 1 is 1.29 bits per heavy atom. The van der Waals surface area contributed by atoms with Gasteiger partial charge in [0.1, 0.15) is 0 Å². The van der Waals surface area contributed by atoms with Crippen LogP contribution in [0.15, 0.2) is 24.3 Å². The molecule has 1 amide bonds. The molecule has 0 radical (unpaired) electrons. The molecule has 2 unspecified atom stereocenters. The van der Waals surface area contributed by atoms with Gasteiger partial charge in [-0.05, 0) is 29.9 Å². The molecule has 0 aromatic heterocycles. The van der Waals surface area contributed by atoms with Crippen molar-refractivity contribution in [2.75, 3.05) is 13.6 Å². The topological polar surface area (TPSA) is 41.1 Å². The van der Waals surface area contributed by atoms with Gasteiger partial charge in [-0.3, -0.25) is 4.79 Å². The van der Waals surface area contributed by atoms with Gasteiger partial charge in [-0.1, -0.05) is 31.2 Å². The van der Waals surface area contributed by atoms with E-state index in [9.17, 15) is 4.79 Å². The van der Waals surface area contributed by atoms with Crippen LogP contribution in [0.5, 0.6) is 0 Å². The third-order valence-electron chi connectivity index (χ3n) is 3.58. The van der Waals surface area contributed by atoms with Gasteiger partial charge in [-0.15, -0.1) is 0 Å². The summed E-state index contributed by atoms with van der Waals surface area (Å²) in [4.78, 5) is 11.3. The Morgan fingerprint density at radius 3 is 2.71 bits per heavy atom. The first-order valence-electron chi connectivity index (χ1n) is 6.25. The second-order valence-corrected chi connectivity index (χ2v) is 4.71. The monoisotopic (exact) mass is 232 g/mol. The standard InChI is InChI=1S/C14H20N2O/c1-10-7-8-13(16-9-14(17)15-2)12-6-4-3-5-11(10)12/h3-6,10,13,16H,7-9H2,1-2H3,(H,15,17). The number of benzene rings is 1. The molecule has 0 heterocycles. The highest BCUT2D eigenvalue weighted by atomic mass is 16.1. The summed E-state index contributed by atoms with van der Waals surface area (Å²) in [6.07, 6.45) is 2.29. The van der Waals surface area contributed by atoms with Gasteiger partial charge in [0.05, 0.1) is 6.54 Å². The minimum absolute atomic E-state index is 0.0427. The lowest BCUT2D eigenvalue weighted by molar-refractivity contribution is -0.119. The van der Waals surface area contributed by atoms with E-state index in [0.29, 0.717) is 18.5 Å². The maximum Gasteiger partial charge on any atom is 0.233 e. The van der Waals surface area contributed by atoms with E-state index in [1.54, 1.807) is 7.05 Å². The van der Waals surface area contributed by atoms with E-state index in [2.05, 4.69) is 41.8 Å². The van der Waals surface area contributed by atoms with Crippen LogP contribution in [0.1, 0.15) is 42.9 Å². The molecular formula is C14H20N2O. The number of amides is 1. The maximum atomic E-state index is 11.3. The Balaban J connectivity index is 2.10.